The van der Waals surface area contributed by atoms with Gasteiger partial charge in [-0.25, -0.2) is 0 Å². The third kappa shape index (κ3) is 2.48. The highest BCUT2D eigenvalue weighted by Gasteiger charge is 2.26. The van der Waals surface area contributed by atoms with Gasteiger partial charge in [0.05, 0.1) is 5.56 Å². The van der Waals surface area contributed by atoms with Gasteiger partial charge in [0.15, 0.2) is 0 Å². The van der Waals surface area contributed by atoms with Crippen LogP contribution in [0.15, 0.2) is 16.7 Å². The molecule has 3 nitrogen and oxygen atoms in total. The summed E-state index contributed by atoms with van der Waals surface area (Å²) in [7, 11) is 0. The van der Waals surface area contributed by atoms with Crippen molar-refractivity contribution in [1.82, 2.24) is 4.90 Å². The maximum absolute atomic E-state index is 12.1. The Morgan fingerprint density at radius 2 is 2.50 bits per heavy atom. The minimum absolute atomic E-state index is 0.105. The van der Waals surface area contributed by atoms with E-state index in [9.17, 15) is 4.79 Å². The Balaban J connectivity index is 1.97. The number of likely N-dealkylation sites (tertiary alicyclic amines) is 1. The van der Waals surface area contributed by atoms with Crippen molar-refractivity contribution in [2.45, 2.75) is 19.8 Å². The quantitative estimate of drug-likeness (QED) is 0.801. The number of hydrogen-bond acceptors (Lipinski definition) is 2. The van der Waals surface area contributed by atoms with Gasteiger partial charge in [-0.3, -0.25) is 4.79 Å². The first-order chi connectivity index (χ1) is 7.70. The summed E-state index contributed by atoms with van der Waals surface area (Å²) in [6.07, 6.45) is 3.82. The Bertz CT molecular complexity index is 375. The van der Waals surface area contributed by atoms with Gasteiger partial charge in [-0.05, 0) is 31.7 Å². The van der Waals surface area contributed by atoms with Crippen LogP contribution >= 0.6 is 15.9 Å². The molecule has 0 radical (unpaired) electrons. The molecule has 0 aromatic carbocycles. The highest BCUT2D eigenvalue weighted by molar-refractivity contribution is 9.09. The molecule has 0 N–H and O–H groups in total. The average molecular weight is 286 g/mol. The van der Waals surface area contributed by atoms with E-state index in [4.69, 9.17) is 4.42 Å². The van der Waals surface area contributed by atoms with Gasteiger partial charge in [-0.2, -0.15) is 0 Å². The summed E-state index contributed by atoms with van der Waals surface area (Å²) in [4.78, 5) is 14.0. The Hall–Kier alpha value is -0.770. The SMILES string of the molecule is Cc1cc(C(=O)N2CCC(CCBr)C2)co1. The fraction of sp³-hybridized carbons (Fsp3) is 0.583. The third-order valence-corrected chi connectivity index (χ3v) is 3.53. The second-order valence-electron chi connectivity index (χ2n) is 4.33. The molecule has 0 bridgehead atoms. The number of nitrogens with zero attached hydrogens (tertiary/aromatic N) is 1. The number of carbonyl (C=O) groups excluding carboxylic acids is 1. The van der Waals surface area contributed by atoms with Crippen molar-refractivity contribution in [3.63, 3.8) is 0 Å². The van der Waals surface area contributed by atoms with E-state index < -0.39 is 0 Å². The van der Waals surface area contributed by atoms with E-state index in [0.717, 1.165) is 37.0 Å². The molecule has 88 valence electrons. The average Bonchev–Trinajstić information content (AvgIpc) is 2.87. The summed E-state index contributed by atoms with van der Waals surface area (Å²) < 4.78 is 5.16. The largest absolute Gasteiger partial charge is 0.469 e. The second kappa shape index (κ2) is 5.04. The molecule has 4 heteroatoms. The zero-order chi connectivity index (χ0) is 11.5. The fourth-order valence-electron chi connectivity index (χ4n) is 2.15. The topological polar surface area (TPSA) is 33.5 Å². The highest BCUT2D eigenvalue weighted by Crippen LogP contribution is 2.22. The van der Waals surface area contributed by atoms with Crippen molar-refractivity contribution < 1.29 is 9.21 Å². The molecule has 1 unspecified atom stereocenters. The van der Waals surface area contributed by atoms with Gasteiger partial charge in [0.25, 0.3) is 5.91 Å². The van der Waals surface area contributed by atoms with Gasteiger partial charge >= 0.3 is 0 Å². The minimum Gasteiger partial charge on any atom is -0.469 e. The van der Waals surface area contributed by atoms with Gasteiger partial charge < -0.3 is 9.32 Å². The van der Waals surface area contributed by atoms with E-state index in [-0.39, 0.29) is 5.91 Å². The highest BCUT2D eigenvalue weighted by atomic mass is 79.9. The molecule has 0 spiro atoms. The van der Waals surface area contributed by atoms with Crippen LogP contribution in [0.1, 0.15) is 29.0 Å². The van der Waals surface area contributed by atoms with Gasteiger partial charge in [0.2, 0.25) is 0 Å². The van der Waals surface area contributed by atoms with Gasteiger partial charge in [-0.1, -0.05) is 15.9 Å². The van der Waals surface area contributed by atoms with Crippen molar-refractivity contribution in [3.05, 3.63) is 23.7 Å². The van der Waals surface area contributed by atoms with E-state index in [1.54, 1.807) is 12.3 Å². The van der Waals surface area contributed by atoms with Gasteiger partial charge in [0.1, 0.15) is 12.0 Å². The Kier molecular flexibility index (Phi) is 3.69. The molecule has 2 heterocycles. The Morgan fingerprint density at radius 1 is 1.69 bits per heavy atom. The van der Waals surface area contributed by atoms with Crippen molar-refractivity contribution >= 4 is 21.8 Å². The van der Waals surface area contributed by atoms with Crippen LogP contribution in [0.25, 0.3) is 0 Å². The maximum atomic E-state index is 12.1. The second-order valence-corrected chi connectivity index (χ2v) is 5.12. The first-order valence-corrected chi connectivity index (χ1v) is 6.73. The summed E-state index contributed by atoms with van der Waals surface area (Å²) in [6.45, 7) is 3.61. The van der Waals surface area contributed by atoms with Crippen LogP contribution in [0.5, 0.6) is 0 Å². The predicted molar refractivity (Wildman–Crippen MR) is 65.9 cm³/mol. The number of rotatable bonds is 3. The van der Waals surface area contributed by atoms with E-state index in [2.05, 4.69) is 15.9 Å². The molecule has 1 saturated heterocycles. The lowest BCUT2D eigenvalue weighted by Crippen LogP contribution is -2.28. The van der Waals surface area contributed by atoms with Crippen LogP contribution in [0.3, 0.4) is 0 Å². The number of halogens is 1. The molecule has 0 saturated carbocycles. The van der Waals surface area contributed by atoms with Crippen LogP contribution in [-0.2, 0) is 0 Å². The number of hydrogen-bond donors (Lipinski definition) is 0. The molecular weight excluding hydrogens is 270 g/mol. The third-order valence-electron chi connectivity index (χ3n) is 3.07. The number of furan rings is 1. The molecule has 1 fully saturated rings. The lowest BCUT2D eigenvalue weighted by Gasteiger charge is -2.15. The smallest absolute Gasteiger partial charge is 0.257 e. The first-order valence-electron chi connectivity index (χ1n) is 5.61. The number of carbonyl (C=O) groups is 1. The Labute approximate surface area is 104 Å². The molecule has 1 aromatic heterocycles. The summed E-state index contributed by atoms with van der Waals surface area (Å²) in [5, 5.41) is 1.02. The van der Waals surface area contributed by atoms with Crippen molar-refractivity contribution in [2.24, 2.45) is 5.92 Å². The van der Waals surface area contributed by atoms with E-state index in [1.165, 1.54) is 0 Å². The Morgan fingerprint density at radius 3 is 3.12 bits per heavy atom. The molecule has 2 rings (SSSR count). The zero-order valence-corrected chi connectivity index (χ0v) is 11.0. The standard InChI is InChI=1S/C12H16BrNO2/c1-9-6-11(8-16-9)12(15)14-5-3-10(7-14)2-4-13/h6,8,10H,2-5,7H2,1H3. The molecule has 1 amide bonds. The van der Waals surface area contributed by atoms with Gasteiger partial charge in [0, 0.05) is 18.4 Å². The van der Waals surface area contributed by atoms with Crippen LogP contribution in [-0.4, -0.2) is 29.2 Å². The first kappa shape index (κ1) is 11.7. The lowest BCUT2D eigenvalue weighted by atomic mass is 10.1. The van der Waals surface area contributed by atoms with E-state index >= 15 is 0 Å². The number of alkyl halides is 1. The molecule has 1 aromatic rings. The van der Waals surface area contributed by atoms with E-state index in [1.807, 2.05) is 11.8 Å². The van der Waals surface area contributed by atoms with Crippen molar-refractivity contribution in [2.75, 3.05) is 18.4 Å². The molecule has 1 aliphatic rings. The van der Waals surface area contributed by atoms with Crippen molar-refractivity contribution in [3.8, 4) is 0 Å². The monoisotopic (exact) mass is 285 g/mol. The van der Waals surface area contributed by atoms with Gasteiger partial charge in [-0.15, -0.1) is 0 Å². The summed E-state index contributed by atoms with van der Waals surface area (Å²) >= 11 is 3.45. The normalized spacial score (nSPS) is 20.4. The van der Waals surface area contributed by atoms with Crippen LogP contribution in [0, 0.1) is 12.8 Å². The molecular formula is C12H16BrNO2. The fourth-order valence-corrected chi connectivity index (χ4v) is 2.79. The summed E-state index contributed by atoms with van der Waals surface area (Å²) in [6, 6.07) is 1.81. The molecule has 1 atom stereocenters. The van der Waals surface area contributed by atoms with Crippen LogP contribution in [0.2, 0.25) is 0 Å². The van der Waals surface area contributed by atoms with Crippen LogP contribution in [0.4, 0.5) is 0 Å². The maximum Gasteiger partial charge on any atom is 0.257 e. The molecule has 0 aliphatic carbocycles. The molecule has 16 heavy (non-hydrogen) atoms. The predicted octanol–water partition coefficient (Wildman–Crippen LogP) is 2.84. The molecule has 1 aliphatic heterocycles. The zero-order valence-electron chi connectivity index (χ0n) is 9.41. The summed E-state index contributed by atoms with van der Waals surface area (Å²) in [5.74, 6) is 1.55. The number of amides is 1. The van der Waals surface area contributed by atoms with E-state index in [0.29, 0.717) is 11.5 Å². The summed E-state index contributed by atoms with van der Waals surface area (Å²) in [5.41, 5.74) is 0.678. The minimum atomic E-state index is 0.105. The number of aryl methyl sites for hydroxylation is 1. The van der Waals surface area contributed by atoms with Crippen LogP contribution < -0.4 is 0 Å². The lowest BCUT2D eigenvalue weighted by molar-refractivity contribution is 0.0786. The van der Waals surface area contributed by atoms with Crippen molar-refractivity contribution in [1.29, 1.82) is 0 Å².